The molecule has 0 aromatic rings. The summed E-state index contributed by atoms with van der Waals surface area (Å²) in [5.74, 6) is -5.22. The van der Waals surface area contributed by atoms with Crippen LogP contribution >= 0.6 is 0 Å². The number of ether oxygens (including phenoxy) is 2. The number of hydrogen-bond donors (Lipinski definition) is 4. The van der Waals surface area contributed by atoms with Gasteiger partial charge in [0.05, 0.1) is 25.4 Å². The molecule has 10 atom stereocenters. The minimum atomic E-state index is -2.30. The minimum absolute atomic E-state index is 0.0794. The topological polar surface area (TPSA) is 134 Å². The van der Waals surface area contributed by atoms with E-state index in [1.54, 1.807) is 0 Å². The van der Waals surface area contributed by atoms with Gasteiger partial charge in [0.15, 0.2) is 5.78 Å². The van der Waals surface area contributed by atoms with Crippen LogP contribution in [0.3, 0.4) is 0 Å². The van der Waals surface area contributed by atoms with Gasteiger partial charge in [-0.3, -0.25) is 9.59 Å². The van der Waals surface area contributed by atoms with Gasteiger partial charge in [-0.05, 0) is 30.8 Å². The molecule has 8 nitrogen and oxygen atoms in total. The largest absolute Gasteiger partial charge is 0.465 e. The number of rotatable bonds is 2. The van der Waals surface area contributed by atoms with E-state index in [9.17, 15) is 30.0 Å². The predicted molar refractivity (Wildman–Crippen MR) is 102 cm³/mol. The van der Waals surface area contributed by atoms with E-state index in [0.29, 0.717) is 12.8 Å². The Morgan fingerprint density at radius 2 is 1.97 bits per heavy atom. The number of esters is 1. The summed E-state index contributed by atoms with van der Waals surface area (Å²) in [5, 5.41) is 45.4. The number of aliphatic hydroxyl groups is 4. The Kier molecular flexibility index (Phi) is 4.06. The molecule has 8 heteroatoms. The van der Waals surface area contributed by atoms with E-state index >= 15 is 0 Å². The van der Waals surface area contributed by atoms with Gasteiger partial charge in [-0.2, -0.15) is 0 Å². The molecule has 6 aliphatic rings. The van der Waals surface area contributed by atoms with Crippen molar-refractivity contribution in [2.45, 2.75) is 63.6 Å². The summed E-state index contributed by atoms with van der Waals surface area (Å²) in [6.07, 6.45) is -1.54. The van der Waals surface area contributed by atoms with Crippen LogP contribution in [-0.4, -0.2) is 69.5 Å². The molecule has 4 bridgehead atoms. The van der Waals surface area contributed by atoms with Crippen LogP contribution in [0.1, 0.15) is 39.5 Å². The standard InChI is InChI=1S/C22H30O8/c1-10-14-12(24)7-13-20-6-4-5-19(3,8-29-11(2)23)15(20)18(27)22(28,30-9-20)21(13,16(10)25)17(14)26/h12-15,17-18,24,26-28H,1,4-9H2,2-3H3. The second-order valence-electron chi connectivity index (χ2n) is 10.5. The van der Waals surface area contributed by atoms with E-state index in [2.05, 4.69) is 6.58 Å². The predicted octanol–water partition coefficient (Wildman–Crippen LogP) is -0.0812. The second-order valence-corrected chi connectivity index (χ2v) is 10.5. The molecule has 4 aliphatic carbocycles. The molecule has 4 N–H and O–H groups in total. The summed E-state index contributed by atoms with van der Waals surface area (Å²) in [6.45, 7) is 7.25. The van der Waals surface area contributed by atoms with Crippen LogP contribution in [0.2, 0.25) is 0 Å². The Morgan fingerprint density at radius 3 is 2.63 bits per heavy atom. The lowest BCUT2D eigenvalue weighted by atomic mass is 9.36. The first kappa shape index (κ1) is 20.6. The summed E-state index contributed by atoms with van der Waals surface area (Å²) >= 11 is 0. The number of Topliss-reactive ketones (excluding diaryl/α,β-unsaturated/α-hetero) is 1. The van der Waals surface area contributed by atoms with Crippen molar-refractivity contribution >= 4 is 11.8 Å². The summed E-state index contributed by atoms with van der Waals surface area (Å²) in [7, 11) is 0. The summed E-state index contributed by atoms with van der Waals surface area (Å²) in [6, 6.07) is 0. The highest BCUT2D eigenvalue weighted by molar-refractivity contribution is 6.05. The van der Waals surface area contributed by atoms with E-state index in [1.165, 1.54) is 6.92 Å². The first-order chi connectivity index (χ1) is 14.0. The van der Waals surface area contributed by atoms with Gasteiger partial charge in [-0.1, -0.05) is 19.9 Å². The second kappa shape index (κ2) is 5.92. The van der Waals surface area contributed by atoms with Crippen LogP contribution in [-0.2, 0) is 19.1 Å². The van der Waals surface area contributed by atoms with Crippen LogP contribution in [0.5, 0.6) is 0 Å². The Hall–Kier alpha value is -1.32. The molecular formula is C22H30O8. The molecule has 0 aromatic carbocycles. The fraction of sp³-hybridized carbons (Fsp3) is 0.818. The first-order valence-corrected chi connectivity index (χ1v) is 10.7. The van der Waals surface area contributed by atoms with Gasteiger partial charge >= 0.3 is 5.97 Å². The highest BCUT2D eigenvalue weighted by Crippen LogP contribution is 2.76. The number of carbonyl (C=O) groups excluding carboxylic acids is 2. The Balaban J connectivity index is 1.70. The van der Waals surface area contributed by atoms with Crippen molar-refractivity contribution in [2.75, 3.05) is 13.2 Å². The molecule has 30 heavy (non-hydrogen) atoms. The number of ketones is 1. The lowest BCUT2D eigenvalue weighted by molar-refractivity contribution is -0.452. The third-order valence-electron chi connectivity index (χ3n) is 9.25. The van der Waals surface area contributed by atoms with Gasteiger partial charge in [0.25, 0.3) is 0 Å². The van der Waals surface area contributed by atoms with Crippen molar-refractivity contribution < 1.29 is 39.5 Å². The summed E-state index contributed by atoms with van der Waals surface area (Å²) in [4.78, 5) is 25.0. The minimum Gasteiger partial charge on any atom is -0.465 e. The van der Waals surface area contributed by atoms with Crippen molar-refractivity contribution in [2.24, 2.45) is 34.0 Å². The molecule has 2 spiro atoms. The SMILES string of the molecule is C=C1C(=O)C23C(O)C1C(O)CC2C12CCCC(C)(COC(C)=O)C1C(O)C3(O)OC2. The monoisotopic (exact) mass is 422 g/mol. The van der Waals surface area contributed by atoms with Gasteiger partial charge < -0.3 is 29.9 Å². The molecule has 0 amide bonds. The third-order valence-corrected chi connectivity index (χ3v) is 9.25. The molecule has 166 valence electrons. The molecular weight excluding hydrogens is 392 g/mol. The average Bonchev–Trinajstić information content (AvgIpc) is 2.80. The maximum atomic E-state index is 13.5. The van der Waals surface area contributed by atoms with Gasteiger partial charge in [-0.15, -0.1) is 0 Å². The maximum absolute atomic E-state index is 13.5. The highest BCUT2D eigenvalue weighted by atomic mass is 16.6. The number of carbonyl (C=O) groups is 2. The Bertz CT molecular complexity index is 841. The first-order valence-electron chi connectivity index (χ1n) is 10.7. The van der Waals surface area contributed by atoms with E-state index in [-0.39, 0.29) is 25.2 Å². The average molecular weight is 422 g/mol. The van der Waals surface area contributed by atoms with E-state index < -0.39 is 69.9 Å². The highest BCUT2D eigenvalue weighted by Gasteiger charge is 2.86. The van der Waals surface area contributed by atoms with E-state index in [1.807, 2.05) is 6.92 Å². The van der Waals surface area contributed by atoms with Crippen LogP contribution in [0, 0.1) is 34.0 Å². The molecule has 2 heterocycles. The van der Waals surface area contributed by atoms with Crippen molar-refractivity contribution in [3.05, 3.63) is 12.2 Å². The van der Waals surface area contributed by atoms with E-state index in [4.69, 9.17) is 9.47 Å². The molecule has 2 saturated heterocycles. The molecule has 2 aliphatic heterocycles. The van der Waals surface area contributed by atoms with Crippen LogP contribution in [0.25, 0.3) is 0 Å². The molecule has 0 aromatic heterocycles. The van der Waals surface area contributed by atoms with Crippen molar-refractivity contribution in [1.29, 1.82) is 0 Å². The van der Waals surface area contributed by atoms with Gasteiger partial charge in [0, 0.05) is 29.6 Å². The fourth-order valence-corrected chi connectivity index (χ4v) is 8.24. The van der Waals surface area contributed by atoms with Crippen molar-refractivity contribution in [3.8, 4) is 0 Å². The number of hydrogen-bond acceptors (Lipinski definition) is 8. The zero-order valence-corrected chi connectivity index (χ0v) is 17.3. The van der Waals surface area contributed by atoms with E-state index in [0.717, 1.165) is 6.42 Å². The lowest BCUT2D eigenvalue weighted by Gasteiger charge is -2.74. The zero-order chi connectivity index (χ0) is 21.9. The molecule has 10 unspecified atom stereocenters. The Morgan fingerprint density at radius 1 is 1.27 bits per heavy atom. The normalized spacial score (nSPS) is 56.5. The van der Waals surface area contributed by atoms with Gasteiger partial charge in [0.1, 0.15) is 11.5 Å². The van der Waals surface area contributed by atoms with Crippen LogP contribution < -0.4 is 0 Å². The van der Waals surface area contributed by atoms with Crippen molar-refractivity contribution in [3.63, 3.8) is 0 Å². The lowest BCUT2D eigenvalue weighted by Crippen LogP contribution is -2.84. The molecule has 6 rings (SSSR count). The summed E-state index contributed by atoms with van der Waals surface area (Å²) in [5.41, 5.74) is -3.05. The smallest absolute Gasteiger partial charge is 0.302 e. The van der Waals surface area contributed by atoms with Crippen molar-refractivity contribution in [1.82, 2.24) is 0 Å². The molecule has 0 radical (unpaired) electrons. The maximum Gasteiger partial charge on any atom is 0.302 e. The van der Waals surface area contributed by atoms with Crippen LogP contribution in [0.4, 0.5) is 0 Å². The number of fused-ring (bicyclic) bond motifs is 2. The third kappa shape index (κ3) is 1.96. The number of aliphatic hydroxyl groups excluding tert-OH is 3. The Labute approximate surface area is 174 Å². The summed E-state index contributed by atoms with van der Waals surface area (Å²) < 4.78 is 11.2. The van der Waals surface area contributed by atoms with Crippen LogP contribution in [0.15, 0.2) is 12.2 Å². The fourth-order valence-electron chi connectivity index (χ4n) is 8.24. The zero-order valence-electron chi connectivity index (χ0n) is 17.3. The van der Waals surface area contributed by atoms with Gasteiger partial charge in [-0.25, -0.2) is 0 Å². The molecule has 4 saturated carbocycles. The molecule has 6 fully saturated rings. The quantitative estimate of drug-likeness (QED) is 0.359. The van der Waals surface area contributed by atoms with Gasteiger partial charge in [0.2, 0.25) is 5.79 Å².